The number of anilines is 2. The van der Waals surface area contributed by atoms with Crippen LogP contribution in [0.4, 0.5) is 10.9 Å². The van der Waals surface area contributed by atoms with Gasteiger partial charge < -0.3 is 25.8 Å². The summed E-state index contributed by atoms with van der Waals surface area (Å²) in [7, 11) is 0. The number of amides is 1. The van der Waals surface area contributed by atoms with E-state index in [1.165, 1.54) is 11.3 Å². The third kappa shape index (κ3) is 3.84. The molecule has 0 bridgehead atoms. The first kappa shape index (κ1) is 16.0. The predicted molar refractivity (Wildman–Crippen MR) is 82.6 cm³/mol. The number of nitrogen functional groups attached to an aromatic ring is 1. The number of hydrogen-bond donors (Lipinski definition) is 3. The molecule has 1 aromatic heterocycles. The van der Waals surface area contributed by atoms with Gasteiger partial charge in [0.1, 0.15) is 10.7 Å². The molecule has 118 valence electrons. The second-order valence-electron chi connectivity index (χ2n) is 5.49. The van der Waals surface area contributed by atoms with Crippen LogP contribution in [0.3, 0.4) is 0 Å². The number of rotatable bonds is 4. The number of aliphatic hydroxyl groups excluding tert-OH is 1. The van der Waals surface area contributed by atoms with E-state index in [-0.39, 0.29) is 36.6 Å². The lowest BCUT2D eigenvalue weighted by atomic mass is 10.2. The topological polar surface area (TPSA) is 101 Å². The third-order valence-electron chi connectivity index (χ3n) is 3.08. The Balaban J connectivity index is 2.13. The Morgan fingerprint density at radius 2 is 2.33 bits per heavy atom. The lowest BCUT2D eigenvalue weighted by molar-refractivity contribution is -0.0857. The van der Waals surface area contributed by atoms with E-state index in [0.29, 0.717) is 23.1 Å². The largest absolute Gasteiger partial charge is 0.394 e. The van der Waals surface area contributed by atoms with Crippen molar-refractivity contribution in [3.63, 3.8) is 0 Å². The van der Waals surface area contributed by atoms with Gasteiger partial charge in [0.05, 0.1) is 18.8 Å². The maximum atomic E-state index is 12.6. The summed E-state index contributed by atoms with van der Waals surface area (Å²) >= 11 is 1.26. The quantitative estimate of drug-likeness (QED) is 0.759. The van der Waals surface area contributed by atoms with Crippen molar-refractivity contribution in [2.24, 2.45) is 0 Å². The number of nitrogens with two attached hydrogens (primary N) is 1. The summed E-state index contributed by atoms with van der Waals surface area (Å²) in [6.07, 6.45) is -0.456. The molecule has 1 amide bonds. The molecule has 1 aromatic rings. The van der Waals surface area contributed by atoms with Gasteiger partial charge in [0.25, 0.3) is 5.91 Å². The molecular weight excluding hydrogens is 292 g/mol. The average Bonchev–Trinajstić information content (AvgIpc) is 2.76. The molecule has 2 atom stereocenters. The number of thiazole rings is 1. The number of morpholine rings is 1. The second-order valence-corrected chi connectivity index (χ2v) is 6.49. The van der Waals surface area contributed by atoms with Crippen molar-refractivity contribution in [2.45, 2.75) is 39.0 Å². The minimum absolute atomic E-state index is 0.105. The molecule has 2 unspecified atom stereocenters. The van der Waals surface area contributed by atoms with E-state index in [2.05, 4.69) is 10.3 Å². The molecule has 0 saturated carbocycles. The maximum absolute atomic E-state index is 12.6. The molecular formula is C13H22N4O3S. The Kier molecular flexibility index (Phi) is 5.02. The summed E-state index contributed by atoms with van der Waals surface area (Å²) in [5, 5.41) is 13.0. The van der Waals surface area contributed by atoms with Crippen molar-refractivity contribution in [1.82, 2.24) is 9.88 Å². The summed E-state index contributed by atoms with van der Waals surface area (Å²) in [5.41, 5.74) is 5.86. The minimum Gasteiger partial charge on any atom is -0.394 e. The van der Waals surface area contributed by atoms with E-state index in [4.69, 9.17) is 10.5 Å². The van der Waals surface area contributed by atoms with Crippen molar-refractivity contribution in [2.75, 3.05) is 30.7 Å². The molecule has 1 aliphatic heterocycles. The maximum Gasteiger partial charge on any atom is 0.268 e. The fraction of sp³-hybridized carbons (Fsp3) is 0.692. The predicted octanol–water partition coefficient (Wildman–Crippen LogP) is 0.767. The average molecular weight is 314 g/mol. The molecule has 4 N–H and O–H groups in total. The van der Waals surface area contributed by atoms with Crippen LogP contribution >= 0.6 is 11.3 Å². The number of carbonyl (C=O) groups excluding carboxylic acids is 1. The minimum atomic E-state index is -0.347. The van der Waals surface area contributed by atoms with Gasteiger partial charge in [0.15, 0.2) is 5.13 Å². The fourth-order valence-electron chi connectivity index (χ4n) is 2.25. The molecule has 0 aliphatic carbocycles. The van der Waals surface area contributed by atoms with Gasteiger partial charge in [-0.15, -0.1) is 0 Å². The van der Waals surface area contributed by atoms with Gasteiger partial charge in [-0.1, -0.05) is 11.3 Å². The Labute approximate surface area is 128 Å². The first-order valence-corrected chi connectivity index (χ1v) is 7.80. The molecule has 1 saturated heterocycles. The molecule has 8 heteroatoms. The number of aliphatic hydroxyl groups is 1. The van der Waals surface area contributed by atoms with Crippen LogP contribution < -0.4 is 11.1 Å². The lowest BCUT2D eigenvalue weighted by Gasteiger charge is -2.35. The van der Waals surface area contributed by atoms with Crippen LogP contribution in [-0.4, -0.2) is 58.8 Å². The molecule has 7 nitrogen and oxygen atoms in total. The fourth-order valence-corrected chi connectivity index (χ4v) is 3.25. The number of carbonyl (C=O) groups is 1. The third-order valence-corrected chi connectivity index (χ3v) is 4.07. The van der Waals surface area contributed by atoms with Crippen LogP contribution in [-0.2, 0) is 4.74 Å². The van der Waals surface area contributed by atoms with Crippen molar-refractivity contribution in [3.8, 4) is 0 Å². The first-order chi connectivity index (χ1) is 9.90. The van der Waals surface area contributed by atoms with E-state index < -0.39 is 0 Å². The Bertz CT molecular complexity index is 506. The molecule has 1 fully saturated rings. The van der Waals surface area contributed by atoms with Gasteiger partial charge in [-0.25, -0.2) is 4.98 Å². The Morgan fingerprint density at radius 3 is 2.95 bits per heavy atom. The van der Waals surface area contributed by atoms with Crippen LogP contribution in [0.1, 0.15) is 30.4 Å². The van der Waals surface area contributed by atoms with Crippen LogP contribution in [0.2, 0.25) is 0 Å². The van der Waals surface area contributed by atoms with Gasteiger partial charge in [0.2, 0.25) is 0 Å². The van der Waals surface area contributed by atoms with E-state index in [0.717, 1.165) is 0 Å². The molecule has 21 heavy (non-hydrogen) atoms. The highest BCUT2D eigenvalue weighted by Gasteiger charge is 2.30. The molecule has 2 heterocycles. The van der Waals surface area contributed by atoms with Crippen LogP contribution in [0, 0.1) is 0 Å². The van der Waals surface area contributed by atoms with Crippen LogP contribution in [0.5, 0.6) is 0 Å². The van der Waals surface area contributed by atoms with E-state index in [9.17, 15) is 9.90 Å². The molecule has 1 aliphatic rings. The summed E-state index contributed by atoms with van der Waals surface area (Å²) in [6, 6.07) is 0.223. The Morgan fingerprint density at radius 1 is 1.62 bits per heavy atom. The molecule has 2 rings (SSSR count). The number of aromatic nitrogens is 1. The normalized spacial score (nSPS) is 22.6. The van der Waals surface area contributed by atoms with Gasteiger partial charge in [0, 0.05) is 19.1 Å². The van der Waals surface area contributed by atoms with Crippen molar-refractivity contribution in [1.29, 1.82) is 0 Å². The van der Waals surface area contributed by atoms with Gasteiger partial charge in [-0.2, -0.15) is 0 Å². The summed E-state index contributed by atoms with van der Waals surface area (Å²) < 4.78 is 5.54. The zero-order valence-corrected chi connectivity index (χ0v) is 13.3. The monoisotopic (exact) mass is 314 g/mol. The van der Waals surface area contributed by atoms with E-state index in [1.54, 1.807) is 4.90 Å². The van der Waals surface area contributed by atoms with Gasteiger partial charge in [-0.05, 0) is 20.8 Å². The van der Waals surface area contributed by atoms with Crippen molar-refractivity contribution >= 4 is 28.2 Å². The van der Waals surface area contributed by atoms with Crippen LogP contribution in [0.15, 0.2) is 0 Å². The van der Waals surface area contributed by atoms with Crippen LogP contribution in [0.25, 0.3) is 0 Å². The number of nitrogens with zero attached hydrogens (tertiary/aromatic N) is 2. The zero-order valence-electron chi connectivity index (χ0n) is 12.5. The highest BCUT2D eigenvalue weighted by atomic mass is 32.1. The number of ether oxygens (including phenoxy) is 1. The smallest absolute Gasteiger partial charge is 0.268 e. The SMILES string of the molecule is CC(C)Nc1nc(N)c(C(=O)N2CC(C)OC(CO)C2)s1. The molecule has 0 aromatic carbocycles. The molecule has 0 spiro atoms. The standard InChI is InChI=1S/C13H22N4O3S/c1-7(2)15-13-16-11(14)10(21-13)12(19)17-4-8(3)20-9(5-17)6-18/h7-9,18H,4-6,14H2,1-3H3,(H,15,16). The summed E-state index contributed by atoms with van der Waals surface area (Å²) in [4.78, 5) is 18.9. The van der Waals surface area contributed by atoms with Crippen molar-refractivity contribution in [3.05, 3.63) is 4.88 Å². The van der Waals surface area contributed by atoms with E-state index in [1.807, 2.05) is 20.8 Å². The second kappa shape index (κ2) is 6.59. The first-order valence-electron chi connectivity index (χ1n) is 6.99. The molecule has 0 radical (unpaired) electrons. The zero-order chi connectivity index (χ0) is 15.6. The lowest BCUT2D eigenvalue weighted by Crippen LogP contribution is -2.50. The van der Waals surface area contributed by atoms with Crippen molar-refractivity contribution < 1.29 is 14.6 Å². The summed E-state index contributed by atoms with van der Waals surface area (Å²) in [6.45, 7) is 6.61. The van der Waals surface area contributed by atoms with E-state index >= 15 is 0 Å². The number of hydrogen-bond acceptors (Lipinski definition) is 7. The van der Waals surface area contributed by atoms with Gasteiger partial charge >= 0.3 is 0 Å². The highest BCUT2D eigenvalue weighted by molar-refractivity contribution is 7.18. The Hall–Kier alpha value is -1.38. The van der Waals surface area contributed by atoms with Gasteiger partial charge in [-0.3, -0.25) is 4.79 Å². The summed E-state index contributed by atoms with van der Waals surface area (Å²) in [5.74, 6) is 0.0863. The highest BCUT2D eigenvalue weighted by Crippen LogP contribution is 2.27. The number of nitrogens with one attached hydrogen (secondary N) is 1.